The summed E-state index contributed by atoms with van der Waals surface area (Å²) >= 11 is 0. The van der Waals surface area contributed by atoms with Gasteiger partial charge in [-0.3, -0.25) is 9.80 Å². The van der Waals surface area contributed by atoms with Crippen molar-refractivity contribution in [3.8, 4) is 6.07 Å². The second-order valence-electron chi connectivity index (χ2n) is 12.8. The van der Waals surface area contributed by atoms with Gasteiger partial charge >= 0.3 is 12.1 Å². The maximum atomic E-state index is 13.8. The van der Waals surface area contributed by atoms with E-state index in [1.165, 1.54) is 15.5 Å². The lowest BCUT2D eigenvalue weighted by molar-refractivity contribution is 0.0572. The first-order valence-electron chi connectivity index (χ1n) is 15.3. The van der Waals surface area contributed by atoms with Crippen molar-refractivity contribution in [1.29, 1.82) is 5.26 Å². The van der Waals surface area contributed by atoms with Crippen LogP contribution in [-0.2, 0) is 11.3 Å². The molecule has 234 valence electrons. The van der Waals surface area contributed by atoms with E-state index in [1.54, 1.807) is 30.3 Å². The lowest BCUT2D eigenvalue weighted by atomic mass is 9.92. The van der Waals surface area contributed by atoms with Crippen molar-refractivity contribution in [2.75, 3.05) is 66.8 Å². The van der Waals surface area contributed by atoms with Crippen LogP contribution in [0.1, 0.15) is 49.9 Å². The van der Waals surface area contributed by atoms with Gasteiger partial charge in [0.25, 0.3) is 0 Å². The molecule has 1 aromatic heterocycles. The molecule has 1 saturated heterocycles. The number of anilines is 5. The molecule has 45 heavy (non-hydrogen) atoms. The molecule has 3 aliphatic heterocycles. The number of hydrogen-bond acceptors (Lipinski definition) is 9. The number of amides is 3. The van der Waals surface area contributed by atoms with Crippen LogP contribution < -0.4 is 20.0 Å². The van der Waals surface area contributed by atoms with Crippen molar-refractivity contribution in [2.45, 2.75) is 45.4 Å². The Kier molecular flexibility index (Phi) is 7.97. The van der Waals surface area contributed by atoms with Crippen LogP contribution in [0.25, 0.3) is 0 Å². The van der Waals surface area contributed by atoms with Crippen molar-refractivity contribution in [2.24, 2.45) is 0 Å². The Hall–Kier alpha value is -4.89. The number of nitrogens with one attached hydrogen (secondary N) is 1. The Labute approximate surface area is 263 Å². The number of hydrogen-bond donors (Lipinski definition) is 1. The highest BCUT2D eigenvalue weighted by Crippen LogP contribution is 2.43. The van der Waals surface area contributed by atoms with Crippen LogP contribution in [0.5, 0.6) is 0 Å². The predicted octanol–water partition coefficient (Wildman–Crippen LogP) is 5.10. The number of piperazine rings is 1. The van der Waals surface area contributed by atoms with Gasteiger partial charge in [-0.25, -0.2) is 14.6 Å². The summed E-state index contributed by atoms with van der Waals surface area (Å²) in [6.07, 6.45) is 1.72. The van der Waals surface area contributed by atoms with Gasteiger partial charge in [0.05, 0.1) is 23.8 Å². The highest BCUT2D eigenvalue weighted by atomic mass is 16.6. The number of rotatable bonds is 4. The lowest BCUT2D eigenvalue weighted by Crippen LogP contribution is -2.50. The number of likely N-dealkylation sites (N-methyl/N-ethyl adjacent to an activating group) is 1. The molecule has 0 bridgehead atoms. The molecule has 4 heterocycles. The van der Waals surface area contributed by atoms with E-state index in [0.717, 1.165) is 43.0 Å². The number of urea groups is 1. The quantitative estimate of drug-likeness (QED) is 0.431. The van der Waals surface area contributed by atoms with Gasteiger partial charge in [0.1, 0.15) is 17.5 Å². The minimum Gasteiger partial charge on any atom is -0.443 e. The number of nitriles is 1. The number of fused-ring (bicyclic) bond motifs is 2. The molecule has 12 heteroatoms. The van der Waals surface area contributed by atoms with E-state index in [1.807, 2.05) is 39.0 Å². The summed E-state index contributed by atoms with van der Waals surface area (Å²) in [7, 11) is 3.85. The highest BCUT2D eigenvalue weighted by Gasteiger charge is 2.40. The molecule has 1 N–H and O–H groups in total. The summed E-state index contributed by atoms with van der Waals surface area (Å²) in [5.74, 6) is 0.948. The van der Waals surface area contributed by atoms with Gasteiger partial charge in [-0.15, -0.1) is 0 Å². The number of benzene rings is 2. The Morgan fingerprint density at radius 2 is 1.78 bits per heavy atom. The molecule has 6 rings (SSSR count). The average Bonchev–Trinajstić information content (AvgIpc) is 3.02. The number of aromatic nitrogens is 2. The fraction of sp³-hybridized carbons (Fsp3) is 0.424. The second-order valence-corrected chi connectivity index (χ2v) is 12.8. The number of para-hydroxylation sites is 1. The molecule has 0 saturated carbocycles. The molecule has 12 nitrogen and oxygen atoms in total. The maximum absolute atomic E-state index is 13.8. The molecule has 2 aromatic carbocycles. The first-order chi connectivity index (χ1) is 21.5. The molecular weight excluding hydrogens is 570 g/mol. The fourth-order valence-corrected chi connectivity index (χ4v) is 6.15. The smallest absolute Gasteiger partial charge is 0.414 e. The Bertz CT molecular complexity index is 1640. The number of nitrogens with zero attached hydrogens (tertiary/aromatic N) is 8. The van der Waals surface area contributed by atoms with E-state index in [0.29, 0.717) is 42.5 Å². The van der Waals surface area contributed by atoms with Gasteiger partial charge in [-0.1, -0.05) is 12.1 Å². The van der Waals surface area contributed by atoms with Crippen LogP contribution in [0, 0.1) is 11.3 Å². The number of ether oxygens (including phenoxy) is 1. The molecule has 3 aromatic rings. The third kappa shape index (κ3) is 6.08. The van der Waals surface area contributed by atoms with Crippen molar-refractivity contribution < 1.29 is 14.3 Å². The van der Waals surface area contributed by atoms with Crippen molar-refractivity contribution in [3.63, 3.8) is 0 Å². The van der Waals surface area contributed by atoms with Gasteiger partial charge in [-0.05, 0) is 64.6 Å². The summed E-state index contributed by atoms with van der Waals surface area (Å²) in [5, 5.41) is 13.2. The first kappa shape index (κ1) is 30.1. The summed E-state index contributed by atoms with van der Waals surface area (Å²) in [4.78, 5) is 45.8. The normalized spacial score (nSPS) is 18.7. The van der Waals surface area contributed by atoms with E-state index in [2.05, 4.69) is 45.4 Å². The van der Waals surface area contributed by atoms with Crippen LogP contribution in [-0.4, -0.2) is 84.3 Å². The fourth-order valence-electron chi connectivity index (χ4n) is 6.15. The van der Waals surface area contributed by atoms with Gasteiger partial charge < -0.3 is 24.8 Å². The van der Waals surface area contributed by atoms with Gasteiger partial charge in [0, 0.05) is 68.5 Å². The predicted molar refractivity (Wildman–Crippen MR) is 173 cm³/mol. The van der Waals surface area contributed by atoms with Crippen molar-refractivity contribution in [3.05, 3.63) is 65.4 Å². The van der Waals surface area contributed by atoms with Gasteiger partial charge in [-0.2, -0.15) is 10.2 Å². The third-order valence-electron chi connectivity index (χ3n) is 8.46. The molecule has 1 fully saturated rings. The van der Waals surface area contributed by atoms with Crippen LogP contribution in [0.3, 0.4) is 0 Å². The minimum absolute atomic E-state index is 0.215. The summed E-state index contributed by atoms with van der Waals surface area (Å²) < 4.78 is 5.65. The Balaban J connectivity index is 1.21. The second kappa shape index (κ2) is 11.9. The molecule has 3 aliphatic rings. The SMILES string of the molecule is CN1CCN(c2ccc(Nc3ncc4c(n3)N(C)C(=O)N(C3CCN(C(=O)OC(C)(C)C)c5c(C#N)cccc53)C4)cc2)CC1. The van der Waals surface area contributed by atoms with Crippen LogP contribution in [0.4, 0.5) is 38.4 Å². The van der Waals surface area contributed by atoms with E-state index < -0.39 is 11.7 Å². The molecular formula is C33H39N9O3. The number of carbonyl (C=O) groups is 2. The monoisotopic (exact) mass is 609 g/mol. The topological polar surface area (TPSA) is 121 Å². The van der Waals surface area contributed by atoms with E-state index in [4.69, 9.17) is 9.72 Å². The van der Waals surface area contributed by atoms with Crippen LogP contribution in [0.15, 0.2) is 48.7 Å². The summed E-state index contributed by atoms with van der Waals surface area (Å²) in [6.45, 7) is 10.1. The first-order valence-corrected chi connectivity index (χ1v) is 15.3. The van der Waals surface area contributed by atoms with Crippen molar-refractivity contribution in [1.82, 2.24) is 19.8 Å². The van der Waals surface area contributed by atoms with E-state index >= 15 is 0 Å². The third-order valence-corrected chi connectivity index (χ3v) is 8.46. The van der Waals surface area contributed by atoms with Gasteiger partial charge in [0.15, 0.2) is 0 Å². The molecule has 3 amide bonds. The molecule has 0 spiro atoms. The summed E-state index contributed by atoms with van der Waals surface area (Å²) in [5.41, 5.74) is 3.74. The maximum Gasteiger partial charge on any atom is 0.414 e. The number of carbonyl (C=O) groups excluding carboxylic acids is 2. The largest absolute Gasteiger partial charge is 0.443 e. The summed E-state index contributed by atoms with van der Waals surface area (Å²) in [6, 6.07) is 15.2. The van der Waals surface area contributed by atoms with Crippen molar-refractivity contribution >= 4 is 41.0 Å². The average molecular weight is 610 g/mol. The lowest BCUT2D eigenvalue weighted by Gasteiger charge is -2.43. The zero-order valence-electron chi connectivity index (χ0n) is 26.4. The Morgan fingerprint density at radius 3 is 2.47 bits per heavy atom. The zero-order valence-corrected chi connectivity index (χ0v) is 26.4. The van der Waals surface area contributed by atoms with E-state index in [-0.39, 0.29) is 12.1 Å². The minimum atomic E-state index is -0.688. The highest BCUT2D eigenvalue weighted by molar-refractivity contribution is 5.95. The Morgan fingerprint density at radius 1 is 1.04 bits per heavy atom. The molecule has 1 unspecified atom stereocenters. The molecule has 1 atom stereocenters. The van der Waals surface area contributed by atoms with Gasteiger partial charge in [0.2, 0.25) is 5.95 Å². The molecule has 0 radical (unpaired) electrons. The van der Waals surface area contributed by atoms with Crippen LogP contribution >= 0.6 is 0 Å². The zero-order chi connectivity index (χ0) is 31.9. The molecule has 0 aliphatic carbocycles. The standard InChI is InChI=1S/C33H39N9O3/c1-33(2,3)45-32(44)41-14-13-27(26-8-6-7-22(19-34)28(26)41)42-21-23-20-35-30(37-29(23)39(5)31(42)43)36-24-9-11-25(12-10-24)40-17-15-38(4)16-18-40/h6-12,20,27H,13-18,21H2,1-5H3,(H,35,36,37). The van der Waals surface area contributed by atoms with E-state index in [9.17, 15) is 14.9 Å². The van der Waals surface area contributed by atoms with Crippen LogP contribution in [0.2, 0.25) is 0 Å².